The maximum atomic E-state index is 6.59. The van der Waals surface area contributed by atoms with Crippen LogP contribution < -0.4 is 16.1 Å². The lowest BCUT2D eigenvalue weighted by Crippen LogP contribution is -2.68. The van der Waals surface area contributed by atoms with E-state index in [1.54, 1.807) is 0 Å². The van der Waals surface area contributed by atoms with Crippen LogP contribution in [0.25, 0.3) is 0 Å². The SMILES string of the molecule is CC(C)(C)[Si](OCC[NH3+])(c1ccccc1)c1ccccc1. The highest BCUT2D eigenvalue weighted by atomic mass is 28.4. The van der Waals surface area contributed by atoms with E-state index >= 15 is 0 Å². The minimum Gasteiger partial charge on any atom is -0.402 e. The molecule has 0 saturated carbocycles. The van der Waals surface area contributed by atoms with E-state index in [2.05, 4.69) is 87.2 Å². The maximum Gasteiger partial charge on any atom is 0.261 e. The van der Waals surface area contributed by atoms with Crippen molar-refractivity contribution < 1.29 is 10.2 Å². The minimum absolute atomic E-state index is 0.0604. The molecule has 2 rings (SSSR count). The molecule has 3 N–H and O–H groups in total. The number of rotatable bonds is 5. The third kappa shape index (κ3) is 3.10. The first-order valence-electron chi connectivity index (χ1n) is 7.56. The van der Waals surface area contributed by atoms with Crippen LogP contribution >= 0.6 is 0 Å². The van der Waals surface area contributed by atoms with E-state index in [-0.39, 0.29) is 5.04 Å². The first kappa shape index (κ1) is 16.0. The van der Waals surface area contributed by atoms with E-state index in [1.807, 2.05) is 0 Å². The van der Waals surface area contributed by atoms with Crippen LogP contribution in [-0.2, 0) is 4.43 Å². The van der Waals surface area contributed by atoms with Crippen LogP contribution in [-0.4, -0.2) is 21.5 Å². The summed E-state index contributed by atoms with van der Waals surface area (Å²) < 4.78 is 6.59. The Bertz CT molecular complexity index is 509. The van der Waals surface area contributed by atoms with Gasteiger partial charge in [0.2, 0.25) is 0 Å². The normalized spacial score (nSPS) is 12.4. The van der Waals surface area contributed by atoms with E-state index in [0.717, 1.165) is 6.54 Å². The van der Waals surface area contributed by atoms with Gasteiger partial charge in [0, 0.05) is 0 Å². The summed E-state index contributed by atoms with van der Waals surface area (Å²) >= 11 is 0. The monoisotopic (exact) mass is 300 g/mol. The first-order chi connectivity index (χ1) is 10.0. The Morgan fingerprint density at radius 3 is 1.62 bits per heavy atom. The Morgan fingerprint density at radius 2 is 1.29 bits per heavy atom. The van der Waals surface area contributed by atoms with Crippen LogP contribution in [0.3, 0.4) is 0 Å². The molecule has 0 atom stereocenters. The highest BCUT2D eigenvalue weighted by molar-refractivity contribution is 6.99. The number of hydrogen-bond acceptors (Lipinski definition) is 1. The number of benzene rings is 2. The highest BCUT2D eigenvalue weighted by Gasteiger charge is 2.49. The lowest BCUT2D eigenvalue weighted by molar-refractivity contribution is -0.371. The summed E-state index contributed by atoms with van der Waals surface area (Å²) in [5.41, 5.74) is 3.96. The molecule has 0 unspecified atom stereocenters. The fourth-order valence-electron chi connectivity index (χ4n) is 2.99. The molecule has 0 aliphatic heterocycles. The van der Waals surface area contributed by atoms with Crippen LogP contribution in [0.2, 0.25) is 5.04 Å². The molecule has 0 heterocycles. The Hall–Kier alpha value is -1.42. The lowest BCUT2D eigenvalue weighted by atomic mass is 10.2. The molecule has 0 fully saturated rings. The van der Waals surface area contributed by atoms with Crippen LogP contribution in [0, 0.1) is 0 Å². The van der Waals surface area contributed by atoms with Crippen molar-refractivity contribution in [2.24, 2.45) is 0 Å². The van der Waals surface area contributed by atoms with Gasteiger partial charge in [0.1, 0.15) is 0 Å². The molecule has 0 aliphatic rings. The predicted octanol–water partition coefficient (Wildman–Crippen LogP) is 1.80. The molecular weight excluding hydrogens is 274 g/mol. The quantitative estimate of drug-likeness (QED) is 0.840. The van der Waals surface area contributed by atoms with Gasteiger partial charge in [-0.05, 0) is 15.4 Å². The first-order valence-corrected chi connectivity index (χ1v) is 9.47. The molecule has 2 aromatic rings. The van der Waals surface area contributed by atoms with Gasteiger partial charge in [0.05, 0.1) is 13.2 Å². The van der Waals surface area contributed by atoms with Crippen molar-refractivity contribution in [2.75, 3.05) is 13.2 Å². The van der Waals surface area contributed by atoms with E-state index in [4.69, 9.17) is 4.43 Å². The van der Waals surface area contributed by atoms with Crippen LogP contribution in [0.4, 0.5) is 0 Å². The zero-order chi connectivity index (χ0) is 15.3. The lowest BCUT2D eigenvalue weighted by Gasteiger charge is -2.42. The van der Waals surface area contributed by atoms with Gasteiger partial charge in [-0.1, -0.05) is 81.4 Å². The zero-order valence-corrected chi connectivity index (χ0v) is 14.3. The molecule has 2 aromatic carbocycles. The molecule has 2 nitrogen and oxygen atoms in total. The van der Waals surface area contributed by atoms with Gasteiger partial charge in [-0.25, -0.2) is 0 Å². The fraction of sp³-hybridized carbons (Fsp3) is 0.333. The molecule has 0 saturated heterocycles. The van der Waals surface area contributed by atoms with Crippen molar-refractivity contribution in [1.29, 1.82) is 0 Å². The molecule has 0 spiro atoms. The van der Waals surface area contributed by atoms with Gasteiger partial charge >= 0.3 is 0 Å². The summed E-state index contributed by atoms with van der Waals surface area (Å²) in [5, 5.41) is 2.72. The smallest absolute Gasteiger partial charge is 0.261 e. The highest BCUT2D eigenvalue weighted by Crippen LogP contribution is 2.36. The standard InChI is InChI=1S/C18H25NOSi/c1-18(2,3)21(20-15-14-19,16-10-6-4-7-11-16)17-12-8-5-9-13-17/h4-13H,14-15,19H2,1-3H3/p+1. The van der Waals surface area contributed by atoms with Crippen molar-refractivity contribution in [3.63, 3.8) is 0 Å². The second-order valence-electron chi connectivity index (χ2n) is 6.37. The number of quaternary nitrogens is 1. The van der Waals surface area contributed by atoms with E-state index < -0.39 is 8.32 Å². The average molecular weight is 300 g/mol. The van der Waals surface area contributed by atoms with Crippen molar-refractivity contribution in [3.05, 3.63) is 60.7 Å². The summed E-state index contributed by atoms with van der Waals surface area (Å²) in [6, 6.07) is 21.4. The second kappa shape index (κ2) is 6.56. The molecule has 0 aromatic heterocycles. The third-order valence-corrected chi connectivity index (χ3v) is 8.92. The van der Waals surface area contributed by atoms with Crippen LogP contribution in [0.15, 0.2) is 60.7 Å². The summed E-state index contributed by atoms with van der Waals surface area (Å²) in [4.78, 5) is 0. The largest absolute Gasteiger partial charge is 0.402 e. The van der Waals surface area contributed by atoms with Gasteiger partial charge < -0.3 is 10.2 Å². The van der Waals surface area contributed by atoms with Crippen molar-refractivity contribution in [1.82, 2.24) is 0 Å². The summed E-state index contributed by atoms with van der Waals surface area (Å²) in [7, 11) is -2.31. The maximum absolute atomic E-state index is 6.59. The molecule has 3 heteroatoms. The Kier molecular flexibility index (Phi) is 4.98. The van der Waals surface area contributed by atoms with Gasteiger partial charge in [-0.15, -0.1) is 0 Å². The molecule has 0 amide bonds. The third-order valence-electron chi connectivity index (χ3n) is 3.88. The second-order valence-corrected chi connectivity index (χ2v) is 10.7. The summed E-state index contributed by atoms with van der Waals surface area (Å²) in [6.45, 7) is 8.38. The molecule has 21 heavy (non-hydrogen) atoms. The molecule has 0 radical (unpaired) electrons. The van der Waals surface area contributed by atoms with Gasteiger partial charge in [-0.3, -0.25) is 0 Å². The topological polar surface area (TPSA) is 36.9 Å². The zero-order valence-electron chi connectivity index (χ0n) is 13.3. The Labute approximate surface area is 129 Å². The van der Waals surface area contributed by atoms with E-state index in [0.29, 0.717) is 6.61 Å². The average Bonchev–Trinajstić information content (AvgIpc) is 2.49. The van der Waals surface area contributed by atoms with Crippen molar-refractivity contribution in [3.8, 4) is 0 Å². The Balaban J connectivity index is 2.66. The molecule has 112 valence electrons. The van der Waals surface area contributed by atoms with Crippen LogP contribution in [0.1, 0.15) is 20.8 Å². The van der Waals surface area contributed by atoms with Gasteiger partial charge in [0.25, 0.3) is 8.32 Å². The van der Waals surface area contributed by atoms with Gasteiger partial charge in [0.15, 0.2) is 0 Å². The van der Waals surface area contributed by atoms with Crippen LogP contribution in [0.5, 0.6) is 0 Å². The predicted molar refractivity (Wildman–Crippen MR) is 91.3 cm³/mol. The minimum atomic E-state index is -2.31. The molecule has 0 aliphatic carbocycles. The van der Waals surface area contributed by atoms with E-state index in [1.165, 1.54) is 10.4 Å². The Morgan fingerprint density at radius 1 is 0.857 bits per heavy atom. The van der Waals surface area contributed by atoms with E-state index in [9.17, 15) is 0 Å². The molecule has 0 bridgehead atoms. The molecular formula is C18H26NOSi+. The van der Waals surface area contributed by atoms with Gasteiger partial charge in [-0.2, -0.15) is 0 Å². The fourth-order valence-corrected chi connectivity index (χ4v) is 7.59. The van der Waals surface area contributed by atoms with Crippen molar-refractivity contribution >= 4 is 18.7 Å². The summed E-state index contributed by atoms with van der Waals surface area (Å²) in [5.74, 6) is 0. The number of hydrogen-bond donors (Lipinski definition) is 1. The van der Waals surface area contributed by atoms with Crippen molar-refractivity contribution in [2.45, 2.75) is 25.8 Å². The summed E-state index contributed by atoms with van der Waals surface area (Å²) in [6.07, 6.45) is 0.